The number of halogens is 1. The molecule has 7 rings (SSSR count). The molecule has 0 saturated carbocycles. The fraction of sp³-hybridized carbons (Fsp3) is 0.222. The molecule has 0 amide bonds. The van der Waals surface area contributed by atoms with E-state index in [2.05, 4.69) is 41.1 Å². The van der Waals surface area contributed by atoms with Gasteiger partial charge in [-0.3, -0.25) is 25.0 Å². The minimum absolute atomic E-state index is 0.240. The normalized spacial score (nSPS) is 14.6. The Balaban J connectivity index is 1.26. The van der Waals surface area contributed by atoms with E-state index in [1.54, 1.807) is 24.7 Å². The zero-order valence-electron chi connectivity index (χ0n) is 19.9. The summed E-state index contributed by atoms with van der Waals surface area (Å²) in [6, 6.07) is 7.41. The van der Waals surface area contributed by atoms with Crippen LogP contribution in [0.25, 0.3) is 55.2 Å². The number of imidazole rings is 1. The second kappa shape index (κ2) is 9.13. The molecule has 6 aromatic heterocycles. The summed E-state index contributed by atoms with van der Waals surface area (Å²) in [6.45, 7) is 3.19. The molecule has 0 aromatic carbocycles. The molecule has 0 unspecified atom stereocenters. The number of hydrogen-bond acceptors (Lipinski definition) is 7. The van der Waals surface area contributed by atoms with E-state index in [1.165, 1.54) is 30.9 Å². The van der Waals surface area contributed by atoms with Gasteiger partial charge in [-0.15, -0.1) is 11.3 Å². The Labute approximate surface area is 215 Å². The van der Waals surface area contributed by atoms with Crippen LogP contribution in [-0.4, -0.2) is 53.1 Å². The van der Waals surface area contributed by atoms with Crippen molar-refractivity contribution in [1.29, 1.82) is 0 Å². The van der Waals surface area contributed by atoms with Gasteiger partial charge in [0.2, 0.25) is 0 Å². The van der Waals surface area contributed by atoms with Crippen molar-refractivity contribution in [3.8, 4) is 33.2 Å². The van der Waals surface area contributed by atoms with E-state index in [-0.39, 0.29) is 5.13 Å². The zero-order valence-corrected chi connectivity index (χ0v) is 20.7. The van der Waals surface area contributed by atoms with Crippen LogP contribution in [0.2, 0.25) is 0 Å². The van der Waals surface area contributed by atoms with Gasteiger partial charge in [-0.25, -0.2) is 4.98 Å². The maximum absolute atomic E-state index is 13.7. The summed E-state index contributed by atoms with van der Waals surface area (Å²) in [5.74, 6) is 0.613. The molecule has 0 bridgehead atoms. The SMILES string of the molecule is Fc1ccc(-c2cncc3[nH]c(-c4n[nH]c5cnc(-c6cncc(CN7CCCCC7)c6)cc45)nc23)s1. The smallest absolute Gasteiger partial charge is 0.176 e. The van der Waals surface area contributed by atoms with E-state index < -0.39 is 0 Å². The van der Waals surface area contributed by atoms with Gasteiger partial charge in [0.15, 0.2) is 11.0 Å². The topological polar surface area (TPSA) is 99.3 Å². The van der Waals surface area contributed by atoms with Crippen molar-refractivity contribution in [1.82, 2.24) is 40.0 Å². The quantitative estimate of drug-likeness (QED) is 0.304. The summed E-state index contributed by atoms with van der Waals surface area (Å²) in [5.41, 5.74) is 6.78. The van der Waals surface area contributed by atoms with Crippen LogP contribution in [0.4, 0.5) is 4.39 Å². The Bertz CT molecular complexity index is 1730. The number of nitrogens with one attached hydrogen (secondary N) is 2. The van der Waals surface area contributed by atoms with Gasteiger partial charge >= 0.3 is 0 Å². The molecular weight excluding hydrogens is 487 g/mol. The molecular formula is C27H23FN8S. The third kappa shape index (κ3) is 4.17. The van der Waals surface area contributed by atoms with Crippen LogP contribution in [0.5, 0.6) is 0 Å². The molecule has 6 aromatic rings. The number of piperidine rings is 1. The number of aromatic amines is 2. The van der Waals surface area contributed by atoms with Crippen molar-refractivity contribution in [3.63, 3.8) is 0 Å². The van der Waals surface area contributed by atoms with Gasteiger partial charge in [0.05, 0.1) is 29.1 Å². The lowest BCUT2D eigenvalue weighted by Crippen LogP contribution is -2.29. The number of thiophene rings is 1. The van der Waals surface area contributed by atoms with Gasteiger partial charge in [0.25, 0.3) is 0 Å². The van der Waals surface area contributed by atoms with E-state index >= 15 is 0 Å². The average molecular weight is 511 g/mol. The predicted octanol–water partition coefficient (Wildman–Crippen LogP) is 5.81. The van der Waals surface area contributed by atoms with Crippen molar-refractivity contribution in [3.05, 3.63) is 65.9 Å². The summed E-state index contributed by atoms with van der Waals surface area (Å²) in [7, 11) is 0. The molecule has 1 aliphatic rings. The molecule has 0 radical (unpaired) electrons. The number of rotatable bonds is 5. The summed E-state index contributed by atoms with van der Waals surface area (Å²) in [4.78, 5) is 24.9. The van der Waals surface area contributed by atoms with Gasteiger partial charge in [-0.1, -0.05) is 6.42 Å². The minimum atomic E-state index is -0.240. The minimum Gasteiger partial charge on any atom is -0.335 e. The molecule has 8 nitrogen and oxygen atoms in total. The third-order valence-electron chi connectivity index (χ3n) is 6.85. The highest BCUT2D eigenvalue weighted by molar-refractivity contribution is 7.14. The third-order valence-corrected chi connectivity index (χ3v) is 7.76. The number of likely N-dealkylation sites (tertiary alicyclic amines) is 1. The monoisotopic (exact) mass is 510 g/mol. The highest BCUT2D eigenvalue weighted by Crippen LogP contribution is 2.34. The first-order chi connectivity index (χ1) is 18.2. The van der Waals surface area contributed by atoms with E-state index in [0.29, 0.717) is 11.5 Å². The number of pyridine rings is 3. The second-order valence-electron chi connectivity index (χ2n) is 9.38. The predicted molar refractivity (Wildman–Crippen MR) is 142 cm³/mol. The van der Waals surface area contributed by atoms with Crippen molar-refractivity contribution in [2.75, 3.05) is 13.1 Å². The summed E-state index contributed by atoms with van der Waals surface area (Å²) < 4.78 is 13.7. The number of nitrogens with zero attached hydrogens (tertiary/aromatic N) is 6. The molecule has 184 valence electrons. The highest BCUT2D eigenvalue weighted by Gasteiger charge is 2.18. The van der Waals surface area contributed by atoms with Crippen LogP contribution in [0.15, 0.2) is 55.2 Å². The second-order valence-corrected chi connectivity index (χ2v) is 10.4. The van der Waals surface area contributed by atoms with Gasteiger partial charge < -0.3 is 4.98 Å². The molecule has 37 heavy (non-hydrogen) atoms. The van der Waals surface area contributed by atoms with Gasteiger partial charge in [-0.05, 0) is 55.8 Å². The van der Waals surface area contributed by atoms with Crippen LogP contribution in [0.1, 0.15) is 24.8 Å². The van der Waals surface area contributed by atoms with E-state index in [1.807, 2.05) is 18.5 Å². The first-order valence-corrected chi connectivity index (χ1v) is 13.1. The Morgan fingerprint density at radius 3 is 2.70 bits per heavy atom. The number of hydrogen-bond donors (Lipinski definition) is 2. The molecule has 1 saturated heterocycles. The first kappa shape index (κ1) is 22.2. The molecule has 0 atom stereocenters. The van der Waals surface area contributed by atoms with Crippen LogP contribution in [0, 0.1) is 5.13 Å². The van der Waals surface area contributed by atoms with E-state index in [0.717, 1.165) is 74.6 Å². The summed E-state index contributed by atoms with van der Waals surface area (Å²) >= 11 is 1.08. The summed E-state index contributed by atoms with van der Waals surface area (Å²) in [5, 5.41) is 8.27. The standard InChI is InChI=1S/C27H23FN8S/c28-24-5-4-23(37-24)19-12-30-13-22-25(19)33-27(32-22)26-18-9-20(31-14-21(18)34-35-26)17-8-16(10-29-11-17)15-36-6-2-1-3-7-36/h4-5,8-14H,1-3,6-7,15H2,(H,32,33)(H,34,35). The fourth-order valence-electron chi connectivity index (χ4n) is 5.03. The Morgan fingerprint density at radius 2 is 1.84 bits per heavy atom. The zero-order chi connectivity index (χ0) is 24.8. The van der Waals surface area contributed by atoms with E-state index in [9.17, 15) is 4.39 Å². The summed E-state index contributed by atoms with van der Waals surface area (Å²) in [6.07, 6.45) is 12.9. The molecule has 7 heterocycles. The number of H-pyrrole nitrogens is 2. The molecule has 0 aliphatic carbocycles. The maximum atomic E-state index is 13.7. The lowest BCUT2D eigenvalue weighted by Gasteiger charge is -2.26. The van der Waals surface area contributed by atoms with Crippen LogP contribution in [-0.2, 0) is 6.54 Å². The van der Waals surface area contributed by atoms with Crippen LogP contribution in [0.3, 0.4) is 0 Å². The maximum Gasteiger partial charge on any atom is 0.176 e. The lowest BCUT2D eigenvalue weighted by molar-refractivity contribution is 0.220. The van der Waals surface area contributed by atoms with Gasteiger partial charge in [-0.2, -0.15) is 9.49 Å². The molecule has 1 fully saturated rings. The van der Waals surface area contributed by atoms with Crippen LogP contribution < -0.4 is 0 Å². The molecule has 10 heteroatoms. The Kier molecular flexibility index (Phi) is 5.48. The van der Waals surface area contributed by atoms with Gasteiger partial charge in [0.1, 0.15) is 11.2 Å². The van der Waals surface area contributed by atoms with Crippen molar-refractivity contribution >= 4 is 33.3 Å². The van der Waals surface area contributed by atoms with Crippen molar-refractivity contribution < 1.29 is 4.39 Å². The van der Waals surface area contributed by atoms with E-state index in [4.69, 9.17) is 4.98 Å². The molecule has 0 spiro atoms. The average Bonchev–Trinajstić information content (AvgIpc) is 3.66. The Morgan fingerprint density at radius 1 is 0.946 bits per heavy atom. The Hall–Kier alpha value is -4.02. The lowest BCUT2D eigenvalue weighted by atomic mass is 10.1. The van der Waals surface area contributed by atoms with Crippen molar-refractivity contribution in [2.45, 2.75) is 25.8 Å². The molecule has 1 aliphatic heterocycles. The number of fused-ring (bicyclic) bond motifs is 2. The van der Waals surface area contributed by atoms with Crippen molar-refractivity contribution in [2.24, 2.45) is 0 Å². The van der Waals surface area contributed by atoms with Gasteiger partial charge in [0, 0.05) is 46.5 Å². The molecule has 2 N–H and O–H groups in total. The largest absolute Gasteiger partial charge is 0.335 e. The fourth-order valence-corrected chi connectivity index (χ4v) is 5.77. The first-order valence-electron chi connectivity index (χ1n) is 12.3. The number of aromatic nitrogens is 7. The highest BCUT2D eigenvalue weighted by atomic mass is 32.1. The van der Waals surface area contributed by atoms with Crippen LogP contribution >= 0.6 is 11.3 Å².